The van der Waals surface area contributed by atoms with Gasteiger partial charge in [-0.3, -0.25) is 0 Å². The number of aryl methyl sites for hydroxylation is 1. The van der Waals surface area contributed by atoms with Crippen molar-refractivity contribution >= 4 is 11.9 Å². The van der Waals surface area contributed by atoms with E-state index in [1.54, 1.807) is 0 Å². The molecule has 0 aliphatic carbocycles. The molecule has 6 heteroatoms. The SMILES string of the molecule is CCCCNC(=NCc1ccc(C)cc1)NCC1CCCN(c2ncccn2)C1. The molecule has 1 aliphatic rings. The van der Waals surface area contributed by atoms with Crippen molar-refractivity contribution in [3.8, 4) is 0 Å². The summed E-state index contributed by atoms with van der Waals surface area (Å²) in [6, 6.07) is 10.5. The molecule has 0 bridgehead atoms. The van der Waals surface area contributed by atoms with Gasteiger partial charge in [-0.25, -0.2) is 15.0 Å². The largest absolute Gasteiger partial charge is 0.356 e. The summed E-state index contributed by atoms with van der Waals surface area (Å²) in [5, 5.41) is 7.06. The zero-order chi connectivity index (χ0) is 20.3. The minimum atomic E-state index is 0.560. The van der Waals surface area contributed by atoms with Crippen molar-refractivity contribution in [3.63, 3.8) is 0 Å². The van der Waals surface area contributed by atoms with Crippen molar-refractivity contribution in [1.82, 2.24) is 20.6 Å². The molecule has 1 saturated heterocycles. The molecule has 1 unspecified atom stereocenters. The molecule has 156 valence electrons. The molecule has 1 aromatic carbocycles. The van der Waals surface area contributed by atoms with E-state index in [1.165, 1.54) is 30.4 Å². The van der Waals surface area contributed by atoms with Gasteiger partial charge in [0.2, 0.25) is 5.95 Å². The summed E-state index contributed by atoms with van der Waals surface area (Å²) in [7, 11) is 0. The third-order valence-corrected chi connectivity index (χ3v) is 5.28. The third-order valence-electron chi connectivity index (χ3n) is 5.28. The Morgan fingerprint density at radius 1 is 1.17 bits per heavy atom. The predicted octanol–water partition coefficient (Wildman–Crippen LogP) is 3.54. The highest BCUT2D eigenvalue weighted by atomic mass is 15.3. The van der Waals surface area contributed by atoms with Gasteiger partial charge < -0.3 is 15.5 Å². The molecule has 6 nitrogen and oxygen atoms in total. The molecule has 0 radical (unpaired) electrons. The summed E-state index contributed by atoms with van der Waals surface area (Å²) in [4.78, 5) is 15.9. The lowest BCUT2D eigenvalue weighted by atomic mass is 9.98. The smallest absolute Gasteiger partial charge is 0.225 e. The number of anilines is 1. The molecule has 3 rings (SSSR count). The predicted molar refractivity (Wildman–Crippen MR) is 120 cm³/mol. The first-order chi connectivity index (χ1) is 14.2. The van der Waals surface area contributed by atoms with Crippen molar-refractivity contribution in [2.24, 2.45) is 10.9 Å². The van der Waals surface area contributed by atoms with Crippen molar-refractivity contribution in [2.75, 3.05) is 31.1 Å². The van der Waals surface area contributed by atoms with Gasteiger partial charge in [-0.15, -0.1) is 0 Å². The molecule has 2 N–H and O–H groups in total. The number of unbranched alkanes of at least 4 members (excludes halogenated alkanes) is 1. The van der Waals surface area contributed by atoms with Crippen molar-refractivity contribution in [3.05, 3.63) is 53.9 Å². The van der Waals surface area contributed by atoms with E-state index in [0.717, 1.165) is 44.5 Å². The number of aliphatic imine (C=N–C) groups is 1. The highest BCUT2D eigenvalue weighted by molar-refractivity contribution is 5.79. The average Bonchev–Trinajstić information content (AvgIpc) is 2.77. The van der Waals surface area contributed by atoms with Crippen molar-refractivity contribution in [2.45, 2.75) is 46.1 Å². The van der Waals surface area contributed by atoms with Crippen LogP contribution in [0.4, 0.5) is 5.95 Å². The number of piperidine rings is 1. The Labute approximate surface area is 174 Å². The third kappa shape index (κ3) is 7.04. The molecule has 0 spiro atoms. The summed E-state index contributed by atoms with van der Waals surface area (Å²) in [5.74, 6) is 2.31. The van der Waals surface area contributed by atoms with E-state index < -0.39 is 0 Å². The van der Waals surface area contributed by atoms with Gasteiger partial charge in [0, 0.05) is 38.6 Å². The zero-order valence-electron chi connectivity index (χ0n) is 17.8. The number of benzene rings is 1. The van der Waals surface area contributed by atoms with Crippen LogP contribution in [-0.4, -0.2) is 42.1 Å². The van der Waals surface area contributed by atoms with Crippen LogP contribution >= 0.6 is 0 Å². The van der Waals surface area contributed by atoms with Gasteiger partial charge in [0.1, 0.15) is 0 Å². The first kappa shape index (κ1) is 21.1. The minimum Gasteiger partial charge on any atom is -0.356 e. The Morgan fingerprint density at radius 2 is 1.97 bits per heavy atom. The monoisotopic (exact) mass is 394 g/mol. The summed E-state index contributed by atoms with van der Waals surface area (Å²) in [6.45, 7) is 8.89. The average molecular weight is 395 g/mol. The van der Waals surface area contributed by atoms with Crippen LogP contribution in [0.2, 0.25) is 0 Å². The second-order valence-electron chi connectivity index (χ2n) is 7.81. The molecule has 1 atom stereocenters. The summed E-state index contributed by atoms with van der Waals surface area (Å²) < 4.78 is 0. The number of nitrogens with one attached hydrogen (secondary N) is 2. The molecule has 1 aromatic heterocycles. The summed E-state index contributed by atoms with van der Waals surface area (Å²) in [6.07, 6.45) is 8.34. The fourth-order valence-corrected chi connectivity index (χ4v) is 3.53. The van der Waals surface area contributed by atoms with E-state index in [1.807, 2.05) is 18.5 Å². The zero-order valence-corrected chi connectivity index (χ0v) is 17.8. The standard InChI is InChI=1S/C23H34N6/c1-3-4-12-24-22(27-16-20-10-8-19(2)9-11-20)28-17-21-7-5-15-29(18-21)23-25-13-6-14-26-23/h6,8-11,13-14,21H,3-5,7,12,15-18H2,1-2H3,(H2,24,27,28). The number of rotatable bonds is 8. The van der Waals surface area contributed by atoms with Crippen LogP contribution in [0.3, 0.4) is 0 Å². The molecule has 0 amide bonds. The van der Waals surface area contributed by atoms with Gasteiger partial charge in [-0.05, 0) is 43.7 Å². The highest BCUT2D eigenvalue weighted by Gasteiger charge is 2.21. The van der Waals surface area contributed by atoms with E-state index >= 15 is 0 Å². The Hall–Kier alpha value is -2.63. The van der Waals surface area contributed by atoms with Gasteiger partial charge >= 0.3 is 0 Å². The summed E-state index contributed by atoms with van der Waals surface area (Å²) >= 11 is 0. The minimum absolute atomic E-state index is 0.560. The number of aromatic nitrogens is 2. The summed E-state index contributed by atoms with van der Waals surface area (Å²) in [5.41, 5.74) is 2.51. The van der Waals surface area contributed by atoms with Crippen molar-refractivity contribution in [1.29, 1.82) is 0 Å². The van der Waals surface area contributed by atoms with Gasteiger partial charge in [0.25, 0.3) is 0 Å². The second-order valence-corrected chi connectivity index (χ2v) is 7.81. The van der Waals surface area contributed by atoms with Crippen LogP contribution in [0.5, 0.6) is 0 Å². The first-order valence-corrected chi connectivity index (χ1v) is 10.8. The fraction of sp³-hybridized carbons (Fsp3) is 0.522. The van der Waals surface area contributed by atoms with E-state index in [9.17, 15) is 0 Å². The van der Waals surface area contributed by atoms with Crippen LogP contribution in [0, 0.1) is 12.8 Å². The Bertz CT molecular complexity index is 744. The maximum absolute atomic E-state index is 4.81. The van der Waals surface area contributed by atoms with Crippen LogP contribution < -0.4 is 15.5 Å². The topological polar surface area (TPSA) is 65.4 Å². The first-order valence-electron chi connectivity index (χ1n) is 10.8. The molecule has 2 heterocycles. The van der Waals surface area contributed by atoms with E-state index in [0.29, 0.717) is 12.5 Å². The number of hydrogen-bond acceptors (Lipinski definition) is 4. The molecule has 1 aliphatic heterocycles. The number of nitrogens with zero attached hydrogens (tertiary/aromatic N) is 4. The molecule has 1 fully saturated rings. The lowest BCUT2D eigenvalue weighted by Crippen LogP contribution is -2.45. The molecule has 0 saturated carbocycles. The van der Waals surface area contributed by atoms with Crippen LogP contribution in [0.15, 0.2) is 47.7 Å². The Kier molecular flexibility index (Phi) is 8.28. The van der Waals surface area contributed by atoms with Crippen LogP contribution in [-0.2, 0) is 6.54 Å². The molecule has 29 heavy (non-hydrogen) atoms. The molecular formula is C23H34N6. The van der Waals surface area contributed by atoms with E-state index in [2.05, 4.69) is 63.6 Å². The fourth-order valence-electron chi connectivity index (χ4n) is 3.53. The highest BCUT2D eigenvalue weighted by Crippen LogP contribution is 2.19. The lowest BCUT2D eigenvalue weighted by Gasteiger charge is -2.33. The van der Waals surface area contributed by atoms with Gasteiger partial charge in [-0.1, -0.05) is 43.2 Å². The number of hydrogen-bond donors (Lipinski definition) is 2. The second kappa shape index (κ2) is 11.4. The van der Waals surface area contributed by atoms with Gasteiger partial charge in [0.15, 0.2) is 5.96 Å². The normalized spacial score (nSPS) is 17.2. The van der Waals surface area contributed by atoms with Crippen LogP contribution in [0.25, 0.3) is 0 Å². The quantitative estimate of drug-likeness (QED) is 0.407. The maximum Gasteiger partial charge on any atom is 0.225 e. The number of guanidine groups is 1. The van der Waals surface area contributed by atoms with Gasteiger partial charge in [-0.2, -0.15) is 0 Å². The molecule has 2 aromatic rings. The van der Waals surface area contributed by atoms with E-state index in [-0.39, 0.29) is 0 Å². The maximum atomic E-state index is 4.81. The van der Waals surface area contributed by atoms with Crippen molar-refractivity contribution < 1.29 is 0 Å². The molecular weight excluding hydrogens is 360 g/mol. The van der Waals surface area contributed by atoms with Gasteiger partial charge in [0.05, 0.1) is 6.54 Å². The Balaban J connectivity index is 1.55. The lowest BCUT2D eigenvalue weighted by molar-refractivity contribution is 0.406. The van der Waals surface area contributed by atoms with E-state index in [4.69, 9.17) is 4.99 Å². The van der Waals surface area contributed by atoms with Crippen LogP contribution in [0.1, 0.15) is 43.7 Å². The Morgan fingerprint density at radius 3 is 2.72 bits per heavy atom.